The normalized spacial score (nSPS) is 19.0. The van der Waals surface area contributed by atoms with Crippen molar-refractivity contribution in [3.63, 3.8) is 0 Å². The molecule has 2 aromatic heterocycles. The van der Waals surface area contributed by atoms with Gasteiger partial charge in [0.2, 0.25) is 0 Å². The van der Waals surface area contributed by atoms with Crippen LogP contribution in [0.4, 0.5) is 0 Å². The van der Waals surface area contributed by atoms with Crippen molar-refractivity contribution >= 4 is 10.0 Å². The average molecular weight is 365 g/mol. The van der Waals surface area contributed by atoms with Gasteiger partial charge in [0, 0.05) is 44.0 Å². The van der Waals surface area contributed by atoms with Crippen molar-refractivity contribution in [2.24, 2.45) is 7.05 Å². The van der Waals surface area contributed by atoms with Crippen molar-refractivity contribution in [3.05, 3.63) is 40.7 Å². The van der Waals surface area contributed by atoms with Crippen molar-refractivity contribution in [2.75, 3.05) is 6.54 Å². The molecule has 1 atom stereocenters. The SMILES string of the molecule is CC(C)c1nc(S(=O)(=O)N2CCCC2Cn2ncccc2=O)cn1C. The maximum atomic E-state index is 13.1. The number of sulfonamides is 1. The van der Waals surface area contributed by atoms with Gasteiger partial charge in [-0.2, -0.15) is 9.40 Å². The van der Waals surface area contributed by atoms with Gasteiger partial charge in [-0.3, -0.25) is 4.79 Å². The molecule has 0 N–H and O–H groups in total. The molecule has 0 aromatic carbocycles. The van der Waals surface area contributed by atoms with Crippen LogP contribution >= 0.6 is 0 Å². The van der Waals surface area contributed by atoms with Crippen LogP contribution in [-0.2, 0) is 23.6 Å². The van der Waals surface area contributed by atoms with Gasteiger partial charge in [-0.15, -0.1) is 0 Å². The van der Waals surface area contributed by atoms with E-state index in [0.29, 0.717) is 13.0 Å². The van der Waals surface area contributed by atoms with Crippen LogP contribution in [-0.4, -0.2) is 44.6 Å². The molecule has 1 aliphatic rings. The van der Waals surface area contributed by atoms with Crippen LogP contribution in [0, 0.1) is 0 Å². The molecule has 0 spiro atoms. The highest BCUT2D eigenvalue weighted by atomic mass is 32.2. The van der Waals surface area contributed by atoms with Crippen LogP contribution in [0.15, 0.2) is 34.3 Å². The maximum absolute atomic E-state index is 13.1. The van der Waals surface area contributed by atoms with E-state index in [1.165, 1.54) is 21.3 Å². The van der Waals surface area contributed by atoms with E-state index >= 15 is 0 Å². The molecule has 0 radical (unpaired) electrons. The molecule has 1 saturated heterocycles. The first-order valence-corrected chi connectivity index (χ1v) is 9.82. The van der Waals surface area contributed by atoms with Gasteiger partial charge >= 0.3 is 0 Å². The second-order valence-corrected chi connectivity index (χ2v) is 8.50. The molecule has 2 aromatic rings. The van der Waals surface area contributed by atoms with Crippen molar-refractivity contribution < 1.29 is 8.42 Å². The van der Waals surface area contributed by atoms with E-state index in [1.807, 2.05) is 13.8 Å². The topological polar surface area (TPSA) is 90.1 Å². The van der Waals surface area contributed by atoms with E-state index in [0.717, 1.165) is 12.2 Å². The number of hydrogen-bond acceptors (Lipinski definition) is 5. The fourth-order valence-electron chi connectivity index (χ4n) is 3.27. The average Bonchev–Trinajstić information content (AvgIpc) is 3.16. The summed E-state index contributed by atoms with van der Waals surface area (Å²) in [7, 11) is -1.90. The molecule has 0 bridgehead atoms. The highest BCUT2D eigenvalue weighted by Gasteiger charge is 2.37. The number of hydrogen-bond donors (Lipinski definition) is 0. The molecule has 0 aliphatic carbocycles. The third-order valence-electron chi connectivity index (χ3n) is 4.47. The van der Waals surface area contributed by atoms with Gasteiger partial charge in [0.25, 0.3) is 15.6 Å². The zero-order chi connectivity index (χ0) is 18.2. The van der Waals surface area contributed by atoms with Crippen LogP contribution in [0.3, 0.4) is 0 Å². The van der Waals surface area contributed by atoms with Crippen LogP contribution in [0.25, 0.3) is 0 Å². The second-order valence-electron chi connectivity index (χ2n) is 6.66. The van der Waals surface area contributed by atoms with Crippen LogP contribution in [0.2, 0.25) is 0 Å². The lowest BCUT2D eigenvalue weighted by Gasteiger charge is -2.23. The second kappa shape index (κ2) is 6.72. The zero-order valence-corrected chi connectivity index (χ0v) is 15.5. The monoisotopic (exact) mass is 365 g/mol. The molecule has 1 aliphatic heterocycles. The van der Waals surface area contributed by atoms with Gasteiger partial charge in [-0.1, -0.05) is 13.8 Å². The minimum atomic E-state index is -3.70. The van der Waals surface area contributed by atoms with Gasteiger partial charge in [-0.05, 0) is 18.9 Å². The van der Waals surface area contributed by atoms with Crippen LogP contribution < -0.4 is 5.56 Å². The molecular weight excluding hydrogens is 342 g/mol. The summed E-state index contributed by atoms with van der Waals surface area (Å²) in [5, 5.41) is 4.10. The van der Waals surface area contributed by atoms with E-state index in [-0.39, 0.29) is 29.1 Å². The summed E-state index contributed by atoms with van der Waals surface area (Å²) >= 11 is 0. The van der Waals surface area contributed by atoms with Gasteiger partial charge in [-0.25, -0.2) is 18.1 Å². The molecule has 3 heterocycles. The van der Waals surface area contributed by atoms with Gasteiger partial charge in [0.15, 0.2) is 5.03 Å². The van der Waals surface area contributed by atoms with Crippen molar-refractivity contribution in [1.82, 2.24) is 23.6 Å². The molecule has 136 valence electrons. The lowest BCUT2D eigenvalue weighted by Crippen LogP contribution is -2.40. The summed E-state index contributed by atoms with van der Waals surface area (Å²) < 4.78 is 30.6. The Morgan fingerprint density at radius 3 is 2.76 bits per heavy atom. The minimum absolute atomic E-state index is 0.0685. The third kappa shape index (κ3) is 3.38. The fourth-order valence-corrected chi connectivity index (χ4v) is 4.94. The highest BCUT2D eigenvalue weighted by molar-refractivity contribution is 7.89. The van der Waals surface area contributed by atoms with E-state index in [1.54, 1.807) is 23.9 Å². The predicted octanol–water partition coefficient (Wildman–Crippen LogP) is 0.953. The molecule has 9 heteroatoms. The summed E-state index contributed by atoms with van der Waals surface area (Å²) in [6, 6.07) is 2.71. The Kier molecular flexibility index (Phi) is 4.79. The number of aryl methyl sites for hydroxylation is 1. The smallest absolute Gasteiger partial charge is 0.266 e. The summed E-state index contributed by atoms with van der Waals surface area (Å²) in [5.41, 5.74) is -0.230. The minimum Gasteiger partial charge on any atom is -0.336 e. The first kappa shape index (κ1) is 17.8. The van der Waals surface area contributed by atoms with Crippen molar-refractivity contribution in [3.8, 4) is 0 Å². The Hall–Kier alpha value is -2.00. The number of nitrogens with zero attached hydrogens (tertiary/aromatic N) is 5. The first-order valence-electron chi connectivity index (χ1n) is 8.38. The van der Waals surface area contributed by atoms with Gasteiger partial charge in [0.05, 0.1) is 6.54 Å². The molecule has 0 amide bonds. The van der Waals surface area contributed by atoms with E-state index in [2.05, 4.69) is 10.1 Å². The van der Waals surface area contributed by atoms with Gasteiger partial charge < -0.3 is 4.57 Å². The number of rotatable bonds is 5. The summed E-state index contributed by atoms with van der Waals surface area (Å²) in [4.78, 5) is 16.2. The Balaban J connectivity index is 1.89. The Morgan fingerprint density at radius 1 is 1.36 bits per heavy atom. The molecule has 1 unspecified atom stereocenters. The lowest BCUT2D eigenvalue weighted by molar-refractivity contribution is 0.334. The molecule has 1 fully saturated rings. The van der Waals surface area contributed by atoms with Crippen LogP contribution in [0.1, 0.15) is 38.4 Å². The summed E-state index contributed by atoms with van der Waals surface area (Å²) in [6.07, 6.45) is 4.55. The van der Waals surface area contributed by atoms with E-state index in [4.69, 9.17) is 0 Å². The van der Waals surface area contributed by atoms with Crippen molar-refractivity contribution in [2.45, 2.75) is 50.2 Å². The standard InChI is InChI=1S/C16H23N5O3S/c1-12(2)16-18-14(11-19(16)3)25(23,24)21-9-5-6-13(21)10-20-15(22)7-4-8-17-20/h4,7-8,11-13H,5-6,9-10H2,1-3H3. The lowest BCUT2D eigenvalue weighted by atomic mass is 10.2. The highest BCUT2D eigenvalue weighted by Crippen LogP contribution is 2.27. The molecule has 0 saturated carbocycles. The Morgan fingerprint density at radius 2 is 2.12 bits per heavy atom. The molecular formula is C16H23N5O3S. The number of imidazole rings is 1. The van der Waals surface area contributed by atoms with Crippen LogP contribution in [0.5, 0.6) is 0 Å². The largest absolute Gasteiger partial charge is 0.336 e. The quantitative estimate of drug-likeness (QED) is 0.787. The Labute approximate surface area is 147 Å². The van der Waals surface area contributed by atoms with E-state index in [9.17, 15) is 13.2 Å². The summed E-state index contributed by atoms with van der Waals surface area (Å²) in [5.74, 6) is 0.866. The fraction of sp³-hybridized carbons (Fsp3) is 0.562. The first-order chi connectivity index (χ1) is 11.8. The molecule has 8 nitrogen and oxygen atoms in total. The zero-order valence-electron chi connectivity index (χ0n) is 14.7. The van der Waals surface area contributed by atoms with Crippen molar-refractivity contribution in [1.29, 1.82) is 0 Å². The Bertz CT molecular complexity index is 916. The predicted molar refractivity (Wildman–Crippen MR) is 92.7 cm³/mol. The summed E-state index contributed by atoms with van der Waals surface area (Å²) in [6.45, 7) is 4.64. The third-order valence-corrected chi connectivity index (χ3v) is 6.30. The van der Waals surface area contributed by atoms with Gasteiger partial charge in [0.1, 0.15) is 5.82 Å². The molecule has 25 heavy (non-hydrogen) atoms. The molecule has 3 rings (SSSR count). The van der Waals surface area contributed by atoms with E-state index < -0.39 is 10.0 Å². The number of aromatic nitrogens is 4. The maximum Gasteiger partial charge on any atom is 0.266 e.